The number of fused-ring (bicyclic) bond motifs is 1. The summed E-state index contributed by atoms with van der Waals surface area (Å²) in [6, 6.07) is 17.2. The van der Waals surface area contributed by atoms with Crippen LogP contribution < -0.4 is 5.32 Å². The van der Waals surface area contributed by atoms with E-state index < -0.39 is 17.5 Å². The summed E-state index contributed by atoms with van der Waals surface area (Å²) in [6.45, 7) is 1.12. The first-order valence-corrected chi connectivity index (χ1v) is 9.24. The molecular formula is C23H18F2N2O2. The van der Waals surface area contributed by atoms with Gasteiger partial charge in [0.1, 0.15) is 11.6 Å². The van der Waals surface area contributed by atoms with Gasteiger partial charge in [-0.25, -0.2) is 8.78 Å². The van der Waals surface area contributed by atoms with Gasteiger partial charge in [0.05, 0.1) is 5.69 Å². The zero-order valence-electron chi connectivity index (χ0n) is 15.5. The molecule has 1 N–H and O–H groups in total. The van der Waals surface area contributed by atoms with Crippen molar-refractivity contribution in [3.63, 3.8) is 0 Å². The molecule has 0 atom stereocenters. The number of anilines is 1. The second kappa shape index (κ2) is 7.83. The molecule has 0 spiro atoms. The minimum atomic E-state index is -0.863. The van der Waals surface area contributed by atoms with Crippen molar-refractivity contribution < 1.29 is 18.4 Å². The lowest BCUT2D eigenvalue weighted by Crippen LogP contribution is -2.36. The molecule has 0 radical (unpaired) electrons. The molecule has 1 aliphatic rings. The van der Waals surface area contributed by atoms with Gasteiger partial charge in [-0.05, 0) is 47.9 Å². The third kappa shape index (κ3) is 4.01. The van der Waals surface area contributed by atoms with Crippen molar-refractivity contribution >= 4 is 17.5 Å². The SMILES string of the molecule is O=C(Nc1ccc(F)cc1F)c1cccc(C(=O)N2CCc3ccccc3C2)c1. The van der Waals surface area contributed by atoms with E-state index >= 15 is 0 Å². The Labute approximate surface area is 166 Å². The van der Waals surface area contributed by atoms with E-state index in [1.165, 1.54) is 11.6 Å². The van der Waals surface area contributed by atoms with Crippen molar-refractivity contribution in [2.24, 2.45) is 0 Å². The predicted molar refractivity (Wildman–Crippen MR) is 106 cm³/mol. The quantitative estimate of drug-likeness (QED) is 0.718. The lowest BCUT2D eigenvalue weighted by Gasteiger charge is -2.29. The molecule has 0 fully saturated rings. The van der Waals surface area contributed by atoms with Gasteiger partial charge in [-0.3, -0.25) is 9.59 Å². The first-order chi connectivity index (χ1) is 14.0. The number of amides is 2. The topological polar surface area (TPSA) is 49.4 Å². The largest absolute Gasteiger partial charge is 0.334 e. The maximum absolute atomic E-state index is 13.8. The van der Waals surface area contributed by atoms with Crippen molar-refractivity contribution in [3.05, 3.63) is 101 Å². The third-order valence-corrected chi connectivity index (χ3v) is 4.97. The summed E-state index contributed by atoms with van der Waals surface area (Å²) >= 11 is 0. The standard InChI is InChI=1S/C23H18F2N2O2/c24-19-8-9-21(20(25)13-19)26-22(28)16-6-3-7-17(12-16)23(29)27-11-10-15-4-1-2-5-18(15)14-27/h1-9,12-13H,10-11,14H2,(H,26,28). The summed E-state index contributed by atoms with van der Waals surface area (Å²) < 4.78 is 26.8. The Bertz CT molecular complexity index is 1100. The summed E-state index contributed by atoms with van der Waals surface area (Å²) in [5.41, 5.74) is 2.84. The molecule has 6 heteroatoms. The number of benzene rings is 3. The fourth-order valence-electron chi connectivity index (χ4n) is 3.43. The Hall–Kier alpha value is -3.54. The highest BCUT2D eigenvalue weighted by atomic mass is 19.1. The van der Waals surface area contributed by atoms with Crippen LogP contribution in [0.5, 0.6) is 0 Å². The summed E-state index contributed by atoms with van der Waals surface area (Å²) in [5, 5.41) is 2.41. The molecule has 2 amide bonds. The van der Waals surface area contributed by atoms with Crippen LogP contribution in [-0.2, 0) is 13.0 Å². The highest BCUT2D eigenvalue weighted by Crippen LogP contribution is 2.21. The van der Waals surface area contributed by atoms with Crippen molar-refractivity contribution in [2.45, 2.75) is 13.0 Å². The average Bonchev–Trinajstić information content (AvgIpc) is 2.75. The highest BCUT2D eigenvalue weighted by molar-refractivity contribution is 6.06. The van der Waals surface area contributed by atoms with Gasteiger partial charge >= 0.3 is 0 Å². The number of rotatable bonds is 3. The van der Waals surface area contributed by atoms with Gasteiger partial charge in [-0.1, -0.05) is 30.3 Å². The van der Waals surface area contributed by atoms with Crippen LogP contribution >= 0.6 is 0 Å². The Balaban J connectivity index is 1.51. The number of halogens is 2. The van der Waals surface area contributed by atoms with E-state index in [1.807, 2.05) is 18.2 Å². The highest BCUT2D eigenvalue weighted by Gasteiger charge is 2.22. The first-order valence-electron chi connectivity index (χ1n) is 9.24. The molecule has 4 rings (SSSR count). The number of nitrogens with one attached hydrogen (secondary N) is 1. The molecule has 0 aliphatic carbocycles. The molecule has 4 nitrogen and oxygen atoms in total. The smallest absolute Gasteiger partial charge is 0.255 e. The lowest BCUT2D eigenvalue weighted by atomic mass is 9.99. The number of hydrogen-bond donors (Lipinski definition) is 1. The average molecular weight is 392 g/mol. The fourth-order valence-corrected chi connectivity index (χ4v) is 3.43. The maximum Gasteiger partial charge on any atom is 0.255 e. The Kier molecular flexibility index (Phi) is 5.08. The van der Waals surface area contributed by atoms with Gasteiger partial charge in [-0.2, -0.15) is 0 Å². The second-order valence-corrected chi connectivity index (χ2v) is 6.90. The molecule has 3 aromatic rings. The van der Waals surface area contributed by atoms with Gasteiger partial charge in [0.2, 0.25) is 0 Å². The van der Waals surface area contributed by atoms with Crippen LogP contribution in [0.2, 0.25) is 0 Å². The molecule has 0 bridgehead atoms. The lowest BCUT2D eigenvalue weighted by molar-refractivity contribution is 0.0734. The molecular weight excluding hydrogens is 374 g/mol. The Morgan fingerprint density at radius 1 is 0.862 bits per heavy atom. The first kappa shape index (κ1) is 18.8. The molecule has 146 valence electrons. The molecule has 1 heterocycles. The van der Waals surface area contributed by atoms with Crippen molar-refractivity contribution in [3.8, 4) is 0 Å². The van der Waals surface area contributed by atoms with Crippen molar-refractivity contribution in [1.82, 2.24) is 4.90 Å². The minimum absolute atomic E-state index is 0.124. The van der Waals surface area contributed by atoms with Gasteiger partial charge in [0, 0.05) is 30.3 Å². The molecule has 0 unspecified atom stereocenters. The number of hydrogen-bond acceptors (Lipinski definition) is 2. The zero-order valence-corrected chi connectivity index (χ0v) is 15.5. The summed E-state index contributed by atoms with van der Waals surface area (Å²) in [5.74, 6) is -2.33. The zero-order chi connectivity index (χ0) is 20.4. The fraction of sp³-hybridized carbons (Fsp3) is 0.130. The van der Waals surface area contributed by atoms with Gasteiger partial charge in [0.15, 0.2) is 0 Å². The van der Waals surface area contributed by atoms with E-state index in [0.717, 1.165) is 24.1 Å². The van der Waals surface area contributed by atoms with Gasteiger partial charge < -0.3 is 10.2 Å². The second-order valence-electron chi connectivity index (χ2n) is 6.90. The van der Waals surface area contributed by atoms with E-state index in [4.69, 9.17) is 0 Å². The van der Waals surface area contributed by atoms with Gasteiger partial charge in [-0.15, -0.1) is 0 Å². The summed E-state index contributed by atoms with van der Waals surface area (Å²) in [7, 11) is 0. The Morgan fingerprint density at radius 2 is 1.62 bits per heavy atom. The monoisotopic (exact) mass is 392 g/mol. The van der Waals surface area contributed by atoms with Crippen LogP contribution in [0.3, 0.4) is 0 Å². The van der Waals surface area contributed by atoms with Gasteiger partial charge in [0.25, 0.3) is 11.8 Å². The van der Waals surface area contributed by atoms with Crippen molar-refractivity contribution in [1.29, 1.82) is 0 Å². The van der Waals surface area contributed by atoms with Crippen LogP contribution in [0, 0.1) is 11.6 Å². The van der Waals surface area contributed by atoms with Crippen LogP contribution in [0.1, 0.15) is 31.8 Å². The minimum Gasteiger partial charge on any atom is -0.334 e. The molecule has 29 heavy (non-hydrogen) atoms. The van der Waals surface area contributed by atoms with Crippen LogP contribution in [0.4, 0.5) is 14.5 Å². The predicted octanol–water partition coefficient (Wildman–Crippen LogP) is 4.42. The van der Waals surface area contributed by atoms with E-state index in [0.29, 0.717) is 24.7 Å². The van der Waals surface area contributed by atoms with Crippen LogP contribution in [-0.4, -0.2) is 23.3 Å². The molecule has 1 aliphatic heterocycles. The normalized spacial score (nSPS) is 13.0. The third-order valence-electron chi connectivity index (χ3n) is 4.97. The number of carbonyl (C=O) groups excluding carboxylic acids is 2. The van der Waals surface area contributed by atoms with E-state index in [9.17, 15) is 18.4 Å². The summed E-state index contributed by atoms with van der Waals surface area (Å²) in [6.07, 6.45) is 0.784. The maximum atomic E-state index is 13.8. The van der Waals surface area contributed by atoms with E-state index in [1.54, 1.807) is 23.1 Å². The number of nitrogens with zero attached hydrogens (tertiary/aromatic N) is 1. The molecule has 0 aromatic heterocycles. The van der Waals surface area contributed by atoms with E-state index in [2.05, 4.69) is 11.4 Å². The number of carbonyl (C=O) groups is 2. The van der Waals surface area contributed by atoms with Crippen molar-refractivity contribution in [2.75, 3.05) is 11.9 Å². The van der Waals surface area contributed by atoms with Crippen LogP contribution in [0.25, 0.3) is 0 Å². The van der Waals surface area contributed by atoms with Crippen LogP contribution in [0.15, 0.2) is 66.7 Å². The molecule has 3 aromatic carbocycles. The molecule has 0 saturated carbocycles. The van der Waals surface area contributed by atoms with E-state index in [-0.39, 0.29) is 17.2 Å². The summed E-state index contributed by atoms with van der Waals surface area (Å²) in [4.78, 5) is 27.1. The molecule has 0 saturated heterocycles. The Morgan fingerprint density at radius 3 is 2.41 bits per heavy atom.